The first-order valence-corrected chi connectivity index (χ1v) is 3.25. The highest BCUT2D eigenvalue weighted by Crippen LogP contribution is 2.23. The zero-order valence-corrected chi connectivity index (χ0v) is 6.24. The van der Waals surface area contributed by atoms with Crippen LogP contribution in [0.1, 0.15) is 0 Å². The second-order valence-electron chi connectivity index (χ2n) is 1.85. The standard InChI is InChI=1S/C7H7ClFN/c1-10-7-5(8)3-2-4-6(7)9/h2-4,10H,1H3. The first-order chi connectivity index (χ1) is 4.75. The molecule has 10 heavy (non-hydrogen) atoms. The van der Waals surface area contributed by atoms with Crippen molar-refractivity contribution in [2.75, 3.05) is 12.4 Å². The summed E-state index contributed by atoms with van der Waals surface area (Å²) in [6.07, 6.45) is 0. The van der Waals surface area contributed by atoms with E-state index in [0.29, 0.717) is 10.7 Å². The van der Waals surface area contributed by atoms with Gasteiger partial charge >= 0.3 is 0 Å². The molecule has 0 saturated carbocycles. The maximum atomic E-state index is 12.7. The van der Waals surface area contributed by atoms with Crippen molar-refractivity contribution in [2.24, 2.45) is 0 Å². The molecule has 0 atom stereocenters. The number of nitrogens with one attached hydrogen (secondary N) is 1. The molecule has 0 spiro atoms. The highest BCUT2D eigenvalue weighted by atomic mass is 35.5. The summed E-state index contributed by atoms with van der Waals surface area (Å²) in [4.78, 5) is 0. The van der Waals surface area contributed by atoms with Crippen LogP contribution in [0.2, 0.25) is 5.02 Å². The van der Waals surface area contributed by atoms with Gasteiger partial charge in [0.05, 0.1) is 10.7 Å². The molecule has 3 heteroatoms. The molecule has 0 aliphatic carbocycles. The Hall–Kier alpha value is -0.760. The quantitative estimate of drug-likeness (QED) is 0.664. The second kappa shape index (κ2) is 2.88. The van der Waals surface area contributed by atoms with Crippen LogP contribution in [0.15, 0.2) is 18.2 Å². The minimum absolute atomic E-state index is 0.324. The van der Waals surface area contributed by atoms with Gasteiger partial charge in [-0.05, 0) is 12.1 Å². The Balaban J connectivity index is 3.17. The molecule has 54 valence electrons. The Bertz CT molecular complexity index is 217. The molecule has 1 rings (SSSR count). The van der Waals surface area contributed by atoms with Crippen LogP contribution in [0, 0.1) is 5.82 Å². The summed E-state index contributed by atoms with van der Waals surface area (Å²) in [5, 5.41) is 3.06. The first kappa shape index (κ1) is 7.35. The van der Waals surface area contributed by atoms with Crippen molar-refractivity contribution >= 4 is 17.3 Å². The lowest BCUT2D eigenvalue weighted by atomic mass is 10.3. The Morgan fingerprint density at radius 3 is 2.60 bits per heavy atom. The number of rotatable bonds is 1. The van der Waals surface area contributed by atoms with Crippen molar-refractivity contribution in [1.29, 1.82) is 0 Å². The van der Waals surface area contributed by atoms with Gasteiger partial charge < -0.3 is 5.32 Å². The van der Waals surface area contributed by atoms with Gasteiger partial charge in [-0.1, -0.05) is 17.7 Å². The van der Waals surface area contributed by atoms with E-state index in [1.807, 2.05) is 0 Å². The molecular weight excluding hydrogens is 153 g/mol. The average molecular weight is 160 g/mol. The second-order valence-corrected chi connectivity index (χ2v) is 2.25. The third kappa shape index (κ3) is 1.21. The topological polar surface area (TPSA) is 12.0 Å². The normalized spacial score (nSPS) is 9.50. The van der Waals surface area contributed by atoms with Gasteiger partial charge in [-0.3, -0.25) is 0 Å². The van der Waals surface area contributed by atoms with Crippen LogP contribution in [0.4, 0.5) is 10.1 Å². The minimum atomic E-state index is -0.324. The highest BCUT2D eigenvalue weighted by Gasteiger charge is 2.01. The zero-order valence-electron chi connectivity index (χ0n) is 5.49. The molecule has 0 heterocycles. The predicted octanol–water partition coefficient (Wildman–Crippen LogP) is 2.52. The van der Waals surface area contributed by atoms with Crippen molar-refractivity contribution in [2.45, 2.75) is 0 Å². The van der Waals surface area contributed by atoms with E-state index in [1.54, 1.807) is 19.2 Å². The van der Waals surface area contributed by atoms with E-state index in [1.165, 1.54) is 6.07 Å². The van der Waals surface area contributed by atoms with Crippen LogP contribution in [-0.2, 0) is 0 Å². The molecule has 1 N–H and O–H groups in total. The molecule has 0 amide bonds. The smallest absolute Gasteiger partial charge is 0.147 e. The van der Waals surface area contributed by atoms with Crippen LogP contribution < -0.4 is 5.32 Å². The summed E-state index contributed by atoms with van der Waals surface area (Å²) < 4.78 is 12.7. The summed E-state index contributed by atoms with van der Waals surface area (Å²) in [5.74, 6) is -0.324. The number of anilines is 1. The zero-order chi connectivity index (χ0) is 7.56. The molecule has 0 aromatic heterocycles. The summed E-state index contributed by atoms with van der Waals surface area (Å²) in [6, 6.07) is 4.56. The van der Waals surface area contributed by atoms with Gasteiger partial charge in [0.15, 0.2) is 0 Å². The number of benzene rings is 1. The Labute approximate surface area is 63.8 Å². The van der Waals surface area contributed by atoms with Crippen molar-refractivity contribution < 1.29 is 4.39 Å². The lowest BCUT2D eigenvalue weighted by Gasteiger charge is -2.02. The van der Waals surface area contributed by atoms with Crippen LogP contribution in [-0.4, -0.2) is 7.05 Å². The lowest BCUT2D eigenvalue weighted by Crippen LogP contribution is -1.92. The van der Waals surface area contributed by atoms with Crippen molar-refractivity contribution in [3.8, 4) is 0 Å². The average Bonchev–Trinajstić information content (AvgIpc) is 1.88. The molecule has 0 unspecified atom stereocenters. The maximum Gasteiger partial charge on any atom is 0.147 e. The molecule has 0 radical (unpaired) electrons. The van der Waals surface area contributed by atoms with Gasteiger partial charge in [-0.15, -0.1) is 0 Å². The number of hydrogen-bond donors (Lipinski definition) is 1. The number of halogens is 2. The molecule has 0 bridgehead atoms. The molecule has 1 aromatic carbocycles. The monoisotopic (exact) mass is 159 g/mol. The highest BCUT2D eigenvalue weighted by molar-refractivity contribution is 6.33. The van der Waals surface area contributed by atoms with Gasteiger partial charge in [0.1, 0.15) is 5.82 Å². The van der Waals surface area contributed by atoms with E-state index in [2.05, 4.69) is 5.32 Å². The largest absolute Gasteiger partial charge is 0.385 e. The summed E-state index contributed by atoms with van der Waals surface area (Å²) in [5.41, 5.74) is 0.351. The number of hydrogen-bond acceptors (Lipinski definition) is 1. The molecular formula is C7H7ClFN. The minimum Gasteiger partial charge on any atom is -0.385 e. The summed E-state index contributed by atoms with van der Waals surface area (Å²) in [6.45, 7) is 0. The van der Waals surface area contributed by atoms with Gasteiger partial charge in [-0.25, -0.2) is 4.39 Å². The predicted molar refractivity (Wildman–Crippen MR) is 41.0 cm³/mol. The van der Waals surface area contributed by atoms with E-state index in [0.717, 1.165) is 0 Å². The van der Waals surface area contributed by atoms with Gasteiger partial charge in [0.25, 0.3) is 0 Å². The fourth-order valence-electron chi connectivity index (χ4n) is 0.737. The third-order valence-corrected chi connectivity index (χ3v) is 1.53. The molecule has 0 aliphatic rings. The van der Waals surface area contributed by atoms with Crippen molar-refractivity contribution in [1.82, 2.24) is 0 Å². The summed E-state index contributed by atoms with van der Waals surface area (Å²) in [7, 11) is 1.63. The fraction of sp³-hybridized carbons (Fsp3) is 0.143. The van der Waals surface area contributed by atoms with Crippen LogP contribution in [0.5, 0.6) is 0 Å². The number of para-hydroxylation sites is 1. The Morgan fingerprint density at radius 2 is 2.20 bits per heavy atom. The van der Waals surface area contributed by atoms with Crippen molar-refractivity contribution in [3.63, 3.8) is 0 Å². The molecule has 0 fully saturated rings. The summed E-state index contributed by atoms with van der Waals surface area (Å²) >= 11 is 5.63. The molecule has 1 nitrogen and oxygen atoms in total. The van der Waals surface area contributed by atoms with Crippen LogP contribution in [0.25, 0.3) is 0 Å². The van der Waals surface area contributed by atoms with E-state index >= 15 is 0 Å². The van der Waals surface area contributed by atoms with Gasteiger partial charge in [0, 0.05) is 7.05 Å². The van der Waals surface area contributed by atoms with E-state index in [4.69, 9.17) is 11.6 Å². The fourth-order valence-corrected chi connectivity index (χ4v) is 0.994. The van der Waals surface area contributed by atoms with Crippen LogP contribution in [0.3, 0.4) is 0 Å². The maximum absolute atomic E-state index is 12.7. The molecule has 1 aromatic rings. The van der Waals surface area contributed by atoms with E-state index in [-0.39, 0.29) is 5.82 Å². The third-order valence-electron chi connectivity index (χ3n) is 1.21. The Kier molecular flexibility index (Phi) is 2.12. The molecule has 0 saturated heterocycles. The lowest BCUT2D eigenvalue weighted by molar-refractivity contribution is 0.631. The van der Waals surface area contributed by atoms with E-state index < -0.39 is 0 Å². The molecule has 0 aliphatic heterocycles. The van der Waals surface area contributed by atoms with Gasteiger partial charge in [0.2, 0.25) is 0 Å². The van der Waals surface area contributed by atoms with Crippen LogP contribution >= 0.6 is 11.6 Å². The van der Waals surface area contributed by atoms with Crippen molar-refractivity contribution in [3.05, 3.63) is 29.0 Å². The Morgan fingerprint density at radius 1 is 1.50 bits per heavy atom. The van der Waals surface area contributed by atoms with Gasteiger partial charge in [-0.2, -0.15) is 0 Å². The SMILES string of the molecule is CNc1c(F)cccc1Cl. The van der Waals surface area contributed by atoms with E-state index in [9.17, 15) is 4.39 Å². The first-order valence-electron chi connectivity index (χ1n) is 2.87.